The zero-order valence-electron chi connectivity index (χ0n) is 10.2. The minimum absolute atomic E-state index is 0.129. The molecule has 2 aromatic rings. The number of hydrogen-bond donors (Lipinski definition) is 1. The lowest BCUT2D eigenvalue weighted by molar-refractivity contribution is -0.137. The standard InChI is InChI=1S/C12H12F3N3O/c1-2-6-16-11-17-10(18-19-11)8-4-3-5-9(7-8)12(13,14)15/h3-5,7H,2,6H2,1H3,(H,16,17,18). The average Bonchev–Trinajstić information content (AvgIpc) is 2.84. The van der Waals surface area contributed by atoms with E-state index >= 15 is 0 Å². The summed E-state index contributed by atoms with van der Waals surface area (Å²) in [7, 11) is 0. The molecule has 0 aliphatic rings. The lowest BCUT2D eigenvalue weighted by Crippen LogP contribution is -2.04. The summed E-state index contributed by atoms with van der Waals surface area (Å²) in [5.41, 5.74) is -0.471. The van der Waals surface area contributed by atoms with Gasteiger partial charge in [0.05, 0.1) is 5.56 Å². The van der Waals surface area contributed by atoms with Crippen molar-refractivity contribution in [3.8, 4) is 11.4 Å². The first-order chi connectivity index (χ1) is 9.00. The second kappa shape index (κ2) is 5.29. The first-order valence-electron chi connectivity index (χ1n) is 5.76. The van der Waals surface area contributed by atoms with Crippen molar-refractivity contribution in [2.45, 2.75) is 19.5 Å². The molecule has 0 aliphatic heterocycles. The number of anilines is 1. The lowest BCUT2D eigenvalue weighted by atomic mass is 10.1. The maximum Gasteiger partial charge on any atom is 0.416 e. The summed E-state index contributed by atoms with van der Waals surface area (Å²) in [5, 5.41) is 6.51. The van der Waals surface area contributed by atoms with E-state index in [1.165, 1.54) is 12.1 Å². The number of rotatable bonds is 4. The van der Waals surface area contributed by atoms with E-state index in [1.54, 1.807) is 0 Å². The zero-order valence-corrected chi connectivity index (χ0v) is 10.2. The molecule has 19 heavy (non-hydrogen) atoms. The van der Waals surface area contributed by atoms with Crippen LogP contribution in [0, 0.1) is 0 Å². The van der Waals surface area contributed by atoms with Crippen LogP contribution in [0.1, 0.15) is 18.9 Å². The van der Waals surface area contributed by atoms with Gasteiger partial charge in [-0.15, -0.1) is 0 Å². The van der Waals surface area contributed by atoms with Crippen molar-refractivity contribution in [2.24, 2.45) is 0 Å². The summed E-state index contributed by atoms with van der Waals surface area (Å²) < 4.78 is 42.6. The van der Waals surface area contributed by atoms with Gasteiger partial charge in [-0.1, -0.05) is 24.2 Å². The molecule has 0 saturated carbocycles. The predicted molar refractivity (Wildman–Crippen MR) is 63.5 cm³/mol. The van der Waals surface area contributed by atoms with Crippen molar-refractivity contribution in [3.63, 3.8) is 0 Å². The Morgan fingerprint density at radius 3 is 2.79 bits per heavy atom. The summed E-state index contributed by atoms with van der Waals surface area (Å²) in [6.45, 7) is 2.63. The quantitative estimate of drug-likeness (QED) is 0.923. The largest absolute Gasteiger partial charge is 0.416 e. The average molecular weight is 271 g/mol. The molecule has 0 unspecified atom stereocenters. The number of hydrogen-bond acceptors (Lipinski definition) is 4. The SMILES string of the molecule is CCCNc1nc(-c2cccc(C(F)(F)F)c2)no1. The van der Waals surface area contributed by atoms with Gasteiger partial charge in [0.15, 0.2) is 0 Å². The molecule has 1 heterocycles. The van der Waals surface area contributed by atoms with Crippen LogP contribution in [0.25, 0.3) is 11.4 Å². The van der Waals surface area contributed by atoms with Crippen LogP contribution in [-0.2, 0) is 6.18 Å². The molecule has 0 atom stereocenters. The highest BCUT2D eigenvalue weighted by Gasteiger charge is 2.30. The molecule has 0 radical (unpaired) electrons. The molecule has 1 aromatic heterocycles. The van der Waals surface area contributed by atoms with Gasteiger partial charge in [-0.05, 0) is 18.6 Å². The van der Waals surface area contributed by atoms with Crippen LogP contribution in [0.5, 0.6) is 0 Å². The van der Waals surface area contributed by atoms with E-state index in [9.17, 15) is 13.2 Å². The minimum Gasteiger partial charge on any atom is -0.338 e. The Bertz CT molecular complexity index is 551. The van der Waals surface area contributed by atoms with Crippen LogP contribution in [0.15, 0.2) is 28.8 Å². The number of nitrogens with zero attached hydrogens (tertiary/aromatic N) is 2. The summed E-state index contributed by atoms with van der Waals surface area (Å²) in [6.07, 6.45) is -3.51. The summed E-state index contributed by atoms with van der Waals surface area (Å²) in [6, 6.07) is 5.01. The van der Waals surface area contributed by atoms with Crippen molar-refractivity contribution >= 4 is 6.01 Å². The number of nitrogens with one attached hydrogen (secondary N) is 1. The van der Waals surface area contributed by atoms with E-state index in [0.29, 0.717) is 6.54 Å². The van der Waals surface area contributed by atoms with E-state index in [2.05, 4.69) is 15.5 Å². The molecule has 0 spiro atoms. The number of halogens is 3. The molecule has 0 fully saturated rings. The van der Waals surface area contributed by atoms with Gasteiger partial charge < -0.3 is 9.84 Å². The summed E-state index contributed by atoms with van der Waals surface area (Å²) in [4.78, 5) is 3.98. The van der Waals surface area contributed by atoms with E-state index in [-0.39, 0.29) is 17.4 Å². The Balaban J connectivity index is 2.24. The highest BCUT2D eigenvalue weighted by Crippen LogP contribution is 2.31. The smallest absolute Gasteiger partial charge is 0.338 e. The monoisotopic (exact) mass is 271 g/mol. The van der Waals surface area contributed by atoms with Crippen LogP contribution in [0.4, 0.5) is 19.2 Å². The molecule has 0 amide bonds. The molecular formula is C12H12F3N3O. The second-order valence-corrected chi connectivity index (χ2v) is 3.93. The molecule has 2 rings (SSSR count). The fourth-order valence-electron chi connectivity index (χ4n) is 1.48. The normalized spacial score (nSPS) is 11.6. The molecule has 0 saturated heterocycles. The second-order valence-electron chi connectivity index (χ2n) is 3.93. The van der Waals surface area contributed by atoms with Gasteiger partial charge in [0.2, 0.25) is 5.82 Å². The van der Waals surface area contributed by atoms with Crippen LogP contribution < -0.4 is 5.32 Å². The third-order valence-corrected chi connectivity index (χ3v) is 2.40. The topological polar surface area (TPSA) is 51.0 Å². The number of alkyl halides is 3. The highest BCUT2D eigenvalue weighted by atomic mass is 19.4. The predicted octanol–water partition coefficient (Wildman–Crippen LogP) is 3.58. The van der Waals surface area contributed by atoms with Crippen molar-refractivity contribution in [2.75, 3.05) is 11.9 Å². The van der Waals surface area contributed by atoms with Crippen molar-refractivity contribution in [1.82, 2.24) is 10.1 Å². The van der Waals surface area contributed by atoms with Crippen LogP contribution in [-0.4, -0.2) is 16.7 Å². The first-order valence-corrected chi connectivity index (χ1v) is 5.76. The van der Waals surface area contributed by atoms with Crippen LogP contribution in [0.2, 0.25) is 0 Å². The molecule has 4 nitrogen and oxygen atoms in total. The molecule has 102 valence electrons. The minimum atomic E-state index is -4.39. The van der Waals surface area contributed by atoms with E-state index in [1.807, 2.05) is 6.92 Å². The highest BCUT2D eigenvalue weighted by molar-refractivity contribution is 5.56. The van der Waals surface area contributed by atoms with Gasteiger partial charge in [-0.3, -0.25) is 0 Å². The maximum atomic E-state index is 12.6. The van der Waals surface area contributed by atoms with Crippen molar-refractivity contribution in [3.05, 3.63) is 29.8 Å². The number of benzene rings is 1. The number of aromatic nitrogens is 2. The Labute approximate surface area is 107 Å². The zero-order chi connectivity index (χ0) is 13.9. The Morgan fingerprint density at radius 2 is 2.11 bits per heavy atom. The molecule has 1 N–H and O–H groups in total. The fourth-order valence-corrected chi connectivity index (χ4v) is 1.48. The third kappa shape index (κ3) is 3.24. The first kappa shape index (κ1) is 13.4. The molecule has 0 aliphatic carbocycles. The fraction of sp³-hybridized carbons (Fsp3) is 0.333. The Hall–Kier alpha value is -2.05. The lowest BCUT2D eigenvalue weighted by Gasteiger charge is -2.06. The van der Waals surface area contributed by atoms with Gasteiger partial charge in [0.1, 0.15) is 0 Å². The Morgan fingerprint density at radius 1 is 1.32 bits per heavy atom. The molecule has 7 heteroatoms. The van der Waals surface area contributed by atoms with Crippen LogP contribution >= 0.6 is 0 Å². The molecule has 0 bridgehead atoms. The van der Waals surface area contributed by atoms with E-state index in [4.69, 9.17) is 4.52 Å². The van der Waals surface area contributed by atoms with Gasteiger partial charge in [-0.25, -0.2) is 0 Å². The van der Waals surface area contributed by atoms with Crippen molar-refractivity contribution in [1.29, 1.82) is 0 Å². The van der Waals surface area contributed by atoms with E-state index in [0.717, 1.165) is 18.6 Å². The van der Waals surface area contributed by atoms with Crippen molar-refractivity contribution < 1.29 is 17.7 Å². The maximum absolute atomic E-state index is 12.6. The Kier molecular flexibility index (Phi) is 3.73. The molecular weight excluding hydrogens is 259 g/mol. The van der Waals surface area contributed by atoms with Gasteiger partial charge >= 0.3 is 12.2 Å². The van der Waals surface area contributed by atoms with Crippen LogP contribution in [0.3, 0.4) is 0 Å². The molecule has 1 aromatic carbocycles. The van der Waals surface area contributed by atoms with E-state index < -0.39 is 11.7 Å². The van der Waals surface area contributed by atoms with Gasteiger partial charge in [0.25, 0.3) is 0 Å². The summed E-state index contributed by atoms with van der Waals surface area (Å²) >= 11 is 0. The van der Waals surface area contributed by atoms with Gasteiger partial charge in [-0.2, -0.15) is 18.2 Å². The summed E-state index contributed by atoms with van der Waals surface area (Å²) in [5.74, 6) is 0.129. The third-order valence-electron chi connectivity index (χ3n) is 2.40. The van der Waals surface area contributed by atoms with Gasteiger partial charge in [0, 0.05) is 12.1 Å².